The van der Waals surface area contributed by atoms with Crippen LogP contribution in [0.1, 0.15) is 19.3 Å². The van der Waals surface area contributed by atoms with Crippen molar-refractivity contribution in [1.82, 2.24) is 0 Å². The Morgan fingerprint density at radius 1 is 1.44 bits per heavy atom. The molecule has 5 aliphatic rings. The van der Waals surface area contributed by atoms with Gasteiger partial charge in [0.2, 0.25) is 0 Å². The molecule has 0 aromatic carbocycles. The molecule has 3 saturated heterocycles. The Bertz CT molecular complexity index is 740. The average Bonchev–Trinajstić information content (AvgIpc) is 3.26. The Morgan fingerprint density at radius 3 is 2.96 bits per heavy atom. The standard InChI is InChI=1S/C19H22O8/c1-9(7-20)16(21)26-13-6-19-14(27-19)4-3-11(8-24-18(19)23)5-12-15(13)10(2)17(22)25-12/h5,12-15,18,20,23H,1-4,6-8H2/b11-5-/t12-,13-,14-,15+,18-,19-/m0/s1. The molecule has 27 heavy (non-hydrogen) atoms. The molecular weight excluding hydrogens is 356 g/mol. The molecule has 1 aliphatic carbocycles. The molecule has 0 amide bonds. The summed E-state index contributed by atoms with van der Waals surface area (Å²) in [6.45, 7) is 6.95. The van der Waals surface area contributed by atoms with E-state index in [0.717, 1.165) is 5.57 Å². The molecule has 146 valence electrons. The molecular formula is C19H22O8. The van der Waals surface area contributed by atoms with Gasteiger partial charge >= 0.3 is 11.9 Å². The molecule has 0 aromatic heterocycles. The minimum atomic E-state index is -1.18. The maximum Gasteiger partial charge on any atom is 0.336 e. The van der Waals surface area contributed by atoms with E-state index in [1.807, 2.05) is 0 Å². The molecule has 2 bridgehead atoms. The Hall–Kier alpha value is -2.00. The largest absolute Gasteiger partial charge is 0.458 e. The monoisotopic (exact) mass is 378 g/mol. The van der Waals surface area contributed by atoms with E-state index in [1.54, 1.807) is 6.08 Å². The average molecular weight is 378 g/mol. The number of ether oxygens (including phenoxy) is 4. The van der Waals surface area contributed by atoms with E-state index in [0.29, 0.717) is 12.8 Å². The first-order valence-corrected chi connectivity index (χ1v) is 8.92. The zero-order valence-corrected chi connectivity index (χ0v) is 14.8. The van der Waals surface area contributed by atoms with Gasteiger partial charge < -0.3 is 29.2 Å². The molecule has 8 heteroatoms. The second kappa shape index (κ2) is 6.56. The quantitative estimate of drug-likeness (QED) is 0.308. The first kappa shape index (κ1) is 18.4. The lowest BCUT2D eigenvalue weighted by Crippen LogP contribution is -2.45. The van der Waals surface area contributed by atoms with Gasteiger partial charge in [0.1, 0.15) is 17.8 Å². The summed E-state index contributed by atoms with van der Waals surface area (Å²) in [5.41, 5.74) is -0.0403. The van der Waals surface area contributed by atoms with Crippen molar-refractivity contribution >= 4 is 11.9 Å². The van der Waals surface area contributed by atoms with Crippen molar-refractivity contribution in [2.75, 3.05) is 13.2 Å². The fourth-order valence-corrected chi connectivity index (χ4v) is 4.13. The number of aliphatic hydroxyl groups excluding tert-OH is 2. The number of epoxide rings is 1. The second-order valence-corrected chi connectivity index (χ2v) is 7.42. The van der Waals surface area contributed by atoms with Crippen LogP contribution in [0.4, 0.5) is 0 Å². The van der Waals surface area contributed by atoms with Gasteiger partial charge in [0.15, 0.2) is 6.29 Å². The van der Waals surface area contributed by atoms with Gasteiger partial charge in [0.25, 0.3) is 0 Å². The molecule has 8 nitrogen and oxygen atoms in total. The van der Waals surface area contributed by atoms with E-state index in [2.05, 4.69) is 13.2 Å². The zero-order chi connectivity index (χ0) is 19.3. The second-order valence-electron chi connectivity index (χ2n) is 7.42. The Balaban J connectivity index is 1.74. The summed E-state index contributed by atoms with van der Waals surface area (Å²) in [5.74, 6) is -1.95. The van der Waals surface area contributed by atoms with Gasteiger partial charge in [-0.1, -0.05) is 13.2 Å². The Morgan fingerprint density at radius 2 is 2.22 bits per heavy atom. The summed E-state index contributed by atoms with van der Waals surface area (Å²) >= 11 is 0. The number of carbonyl (C=O) groups excluding carboxylic acids is 2. The summed E-state index contributed by atoms with van der Waals surface area (Å²) in [4.78, 5) is 24.4. The van der Waals surface area contributed by atoms with Crippen LogP contribution < -0.4 is 0 Å². The van der Waals surface area contributed by atoms with Gasteiger partial charge in [-0.05, 0) is 24.5 Å². The zero-order valence-electron chi connectivity index (χ0n) is 14.8. The first-order valence-electron chi connectivity index (χ1n) is 8.92. The number of aliphatic hydroxyl groups is 2. The number of carbonyl (C=O) groups is 2. The molecule has 0 saturated carbocycles. The predicted octanol–water partition coefficient (Wildman–Crippen LogP) is 0.141. The number of esters is 2. The lowest BCUT2D eigenvalue weighted by atomic mass is 9.81. The fourth-order valence-electron chi connectivity index (χ4n) is 4.13. The predicted molar refractivity (Wildman–Crippen MR) is 90.1 cm³/mol. The smallest absolute Gasteiger partial charge is 0.336 e. The third-order valence-electron chi connectivity index (χ3n) is 5.74. The van der Waals surface area contributed by atoms with Crippen LogP contribution in [0.5, 0.6) is 0 Å². The van der Waals surface area contributed by atoms with Crippen LogP contribution in [0.25, 0.3) is 0 Å². The van der Waals surface area contributed by atoms with Crippen molar-refractivity contribution in [3.8, 4) is 0 Å². The third-order valence-corrected chi connectivity index (χ3v) is 5.74. The van der Waals surface area contributed by atoms with Crippen molar-refractivity contribution < 1.29 is 38.7 Å². The van der Waals surface area contributed by atoms with Crippen LogP contribution >= 0.6 is 0 Å². The Labute approximate surface area is 156 Å². The van der Waals surface area contributed by atoms with Crippen LogP contribution in [0.15, 0.2) is 36.0 Å². The molecule has 5 rings (SSSR count). The highest BCUT2D eigenvalue weighted by molar-refractivity contribution is 5.92. The summed E-state index contributed by atoms with van der Waals surface area (Å²) in [6.07, 6.45) is 0.352. The molecule has 0 unspecified atom stereocenters. The van der Waals surface area contributed by atoms with Crippen LogP contribution in [-0.4, -0.2) is 65.6 Å². The van der Waals surface area contributed by atoms with E-state index in [1.165, 1.54) is 0 Å². The lowest BCUT2D eigenvalue weighted by molar-refractivity contribution is -0.163. The maximum atomic E-state index is 12.3. The number of rotatable bonds is 3. The van der Waals surface area contributed by atoms with Crippen LogP contribution in [0.3, 0.4) is 0 Å². The highest BCUT2D eigenvalue weighted by Gasteiger charge is 2.65. The van der Waals surface area contributed by atoms with Gasteiger partial charge in [-0.15, -0.1) is 0 Å². The van der Waals surface area contributed by atoms with Crippen molar-refractivity contribution in [3.05, 3.63) is 36.0 Å². The molecule has 2 N–H and O–H groups in total. The number of hydrogen-bond acceptors (Lipinski definition) is 8. The lowest BCUT2D eigenvalue weighted by Gasteiger charge is -2.33. The summed E-state index contributed by atoms with van der Waals surface area (Å²) < 4.78 is 22.4. The van der Waals surface area contributed by atoms with E-state index in [4.69, 9.17) is 24.1 Å². The summed E-state index contributed by atoms with van der Waals surface area (Å²) in [5, 5.41) is 19.7. The molecule has 4 aliphatic heterocycles. The third kappa shape index (κ3) is 3.02. The molecule has 1 spiro atoms. The number of hydrogen-bond donors (Lipinski definition) is 2. The van der Waals surface area contributed by atoms with Crippen LogP contribution in [-0.2, 0) is 28.5 Å². The highest BCUT2D eigenvalue weighted by Crippen LogP contribution is 2.51. The molecule has 6 atom stereocenters. The highest BCUT2D eigenvalue weighted by atomic mass is 16.7. The molecule has 3 fully saturated rings. The first-order chi connectivity index (χ1) is 12.9. The van der Waals surface area contributed by atoms with E-state index in [9.17, 15) is 14.7 Å². The van der Waals surface area contributed by atoms with Gasteiger partial charge in [0.05, 0.1) is 30.8 Å². The SMILES string of the molecule is C=C(CO)C(=O)O[C@H]1C[C@]23O[C@H]2CC/C(=C/[C@@H]2OC(=O)C(=C)[C@H]21)CO[C@@H]3O. The van der Waals surface area contributed by atoms with Crippen molar-refractivity contribution in [2.24, 2.45) is 5.92 Å². The van der Waals surface area contributed by atoms with Crippen LogP contribution in [0, 0.1) is 5.92 Å². The van der Waals surface area contributed by atoms with Crippen molar-refractivity contribution in [3.63, 3.8) is 0 Å². The normalized spacial score (nSPS) is 42.1. The van der Waals surface area contributed by atoms with Gasteiger partial charge in [0, 0.05) is 12.0 Å². The minimum absolute atomic E-state index is 0.109. The Kier molecular flexibility index (Phi) is 4.46. The van der Waals surface area contributed by atoms with Crippen LogP contribution in [0.2, 0.25) is 0 Å². The summed E-state index contributed by atoms with van der Waals surface area (Å²) in [6, 6.07) is 0. The topological polar surface area (TPSA) is 115 Å². The van der Waals surface area contributed by atoms with E-state index in [-0.39, 0.29) is 30.3 Å². The van der Waals surface area contributed by atoms with Gasteiger partial charge in [-0.2, -0.15) is 0 Å². The number of fused-ring (bicyclic) bond motifs is 4. The molecule has 0 radical (unpaired) electrons. The molecule has 4 heterocycles. The minimum Gasteiger partial charge on any atom is -0.458 e. The maximum absolute atomic E-state index is 12.3. The van der Waals surface area contributed by atoms with Crippen molar-refractivity contribution in [1.29, 1.82) is 0 Å². The van der Waals surface area contributed by atoms with Crippen molar-refractivity contribution in [2.45, 2.75) is 49.5 Å². The van der Waals surface area contributed by atoms with Gasteiger partial charge in [-0.25, -0.2) is 9.59 Å². The van der Waals surface area contributed by atoms with Gasteiger partial charge in [-0.3, -0.25) is 0 Å². The summed E-state index contributed by atoms with van der Waals surface area (Å²) in [7, 11) is 0. The molecule has 0 aromatic rings. The van der Waals surface area contributed by atoms with E-state index >= 15 is 0 Å². The van der Waals surface area contributed by atoms with E-state index < -0.39 is 48.6 Å². The fraction of sp³-hybridized carbons (Fsp3) is 0.579.